The van der Waals surface area contributed by atoms with Crippen LogP contribution in [0.5, 0.6) is 11.5 Å². The minimum Gasteiger partial charge on any atom is -0.494 e. The first kappa shape index (κ1) is 24.2. The standard InChI is InChI=1S/C26H28Cl2N4O2/c1-7-31(21-11-9-10-19(27)25(21)28)26-24-17(5)32(16(4)23(24)15(3)29-30-26)20-13-12-18(34-8-2)14-22(20)33-6/h9-14H,7-8H2,1-6H3. The number of rotatable bonds is 7. The van der Waals surface area contributed by atoms with Crippen molar-refractivity contribution in [2.24, 2.45) is 0 Å². The molecular formula is C26H28Cl2N4O2. The van der Waals surface area contributed by atoms with Gasteiger partial charge in [-0.2, -0.15) is 5.10 Å². The third-order valence-corrected chi connectivity index (χ3v) is 6.83. The Morgan fingerprint density at radius 1 is 0.971 bits per heavy atom. The largest absolute Gasteiger partial charge is 0.494 e. The zero-order chi connectivity index (χ0) is 24.6. The van der Waals surface area contributed by atoms with Crippen molar-refractivity contribution in [1.82, 2.24) is 14.8 Å². The molecule has 0 saturated carbocycles. The maximum Gasteiger partial charge on any atom is 0.165 e. The van der Waals surface area contributed by atoms with Gasteiger partial charge in [-0.25, -0.2) is 0 Å². The second-order valence-electron chi connectivity index (χ2n) is 7.95. The summed E-state index contributed by atoms with van der Waals surface area (Å²) < 4.78 is 13.6. The molecule has 0 aliphatic heterocycles. The van der Waals surface area contributed by atoms with E-state index in [0.29, 0.717) is 23.2 Å². The molecule has 0 bridgehead atoms. The van der Waals surface area contributed by atoms with Gasteiger partial charge in [-0.05, 0) is 58.9 Å². The van der Waals surface area contributed by atoms with Crippen molar-refractivity contribution in [2.45, 2.75) is 34.6 Å². The zero-order valence-electron chi connectivity index (χ0n) is 20.2. The normalized spacial score (nSPS) is 11.2. The first-order valence-corrected chi connectivity index (χ1v) is 12.0. The summed E-state index contributed by atoms with van der Waals surface area (Å²) in [7, 11) is 1.67. The lowest BCUT2D eigenvalue weighted by molar-refractivity contribution is 0.336. The van der Waals surface area contributed by atoms with Crippen LogP contribution >= 0.6 is 23.2 Å². The summed E-state index contributed by atoms with van der Waals surface area (Å²) in [6.07, 6.45) is 0. The zero-order valence-corrected chi connectivity index (χ0v) is 21.8. The van der Waals surface area contributed by atoms with Crippen LogP contribution in [-0.2, 0) is 0 Å². The minimum absolute atomic E-state index is 0.489. The Labute approximate surface area is 210 Å². The lowest BCUT2D eigenvalue weighted by Gasteiger charge is -2.24. The molecule has 0 atom stereocenters. The van der Waals surface area contributed by atoms with Gasteiger partial charge in [0.25, 0.3) is 0 Å². The molecule has 0 fully saturated rings. The molecule has 0 N–H and O–H groups in total. The number of fused-ring (bicyclic) bond motifs is 1. The highest BCUT2D eigenvalue weighted by Gasteiger charge is 2.25. The quantitative estimate of drug-likeness (QED) is 0.269. The highest BCUT2D eigenvalue weighted by Crippen LogP contribution is 2.42. The van der Waals surface area contributed by atoms with Gasteiger partial charge in [0, 0.05) is 34.8 Å². The van der Waals surface area contributed by atoms with E-state index < -0.39 is 0 Å². The smallest absolute Gasteiger partial charge is 0.165 e. The molecule has 2 aromatic carbocycles. The summed E-state index contributed by atoms with van der Waals surface area (Å²) in [6.45, 7) is 11.4. The van der Waals surface area contributed by atoms with Crippen LogP contribution in [0.25, 0.3) is 16.5 Å². The molecule has 34 heavy (non-hydrogen) atoms. The number of aryl methyl sites for hydroxylation is 3. The van der Waals surface area contributed by atoms with Gasteiger partial charge in [0.1, 0.15) is 11.5 Å². The Morgan fingerprint density at radius 2 is 1.71 bits per heavy atom. The van der Waals surface area contributed by atoms with Crippen LogP contribution in [0.15, 0.2) is 36.4 Å². The predicted molar refractivity (Wildman–Crippen MR) is 140 cm³/mol. The molecule has 2 heterocycles. The average Bonchev–Trinajstić information content (AvgIpc) is 3.09. The third kappa shape index (κ3) is 3.95. The van der Waals surface area contributed by atoms with E-state index in [-0.39, 0.29) is 0 Å². The Kier molecular flexibility index (Phi) is 6.91. The molecule has 0 radical (unpaired) electrons. The lowest BCUT2D eigenvalue weighted by atomic mass is 10.1. The van der Waals surface area contributed by atoms with Gasteiger partial charge in [-0.3, -0.25) is 0 Å². The maximum absolute atomic E-state index is 6.60. The fourth-order valence-electron chi connectivity index (χ4n) is 4.56. The van der Waals surface area contributed by atoms with Crippen molar-refractivity contribution in [2.75, 3.05) is 25.2 Å². The molecule has 0 aliphatic carbocycles. The van der Waals surface area contributed by atoms with E-state index in [4.69, 9.17) is 32.7 Å². The van der Waals surface area contributed by atoms with Crippen LogP contribution in [-0.4, -0.2) is 35.0 Å². The third-order valence-electron chi connectivity index (χ3n) is 6.02. The molecule has 6 nitrogen and oxygen atoms in total. The van der Waals surface area contributed by atoms with Crippen LogP contribution in [0.2, 0.25) is 10.0 Å². The van der Waals surface area contributed by atoms with Gasteiger partial charge in [-0.15, -0.1) is 5.10 Å². The summed E-state index contributed by atoms with van der Waals surface area (Å²) in [5.41, 5.74) is 4.65. The Morgan fingerprint density at radius 3 is 2.38 bits per heavy atom. The van der Waals surface area contributed by atoms with Crippen LogP contribution in [0.1, 0.15) is 30.9 Å². The summed E-state index contributed by atoms with van der Waals surface area (Å²) in [6, 6.07) is 11.5. The molecule has 0 aliphatic rings. The second-order valence-corrected chi connectivity index (χ2v) is 8.73. The maximum atomic E-state index is 6.60. The second kappa shape index (κ2) is 9.72. The minimum atomic E-state index is 0.489. The van der Waals surface area contributed by atoms with Crippen LogP contribution in [0, 0.1) is 20.8 Å². The van der Waals surface area contributed by atoms with Crippen molar-refractivity contribution in [3.05, 3.63) is 63.5 Å². The van der Waals surface area contributed by atoms with E-state index in [2.05, 4.69) is 40.4 Å². The topological polar surface area (TPSA) is 52.4 Å². The van der Waals surface area contributed by atoms with Crippen molar-refractivity contribution in [1.29, 1.82) is 0 Å². The number of methoxy groups -OCH3 is 1. The van der Waals surface area contributed by atoms with Crippen molar-refractivity contribution >= 4 is 45.5 Å². The number of benzene rings is 2. The van der Waals surface area contributed by atoms with E-state index in [1.54, 1.807) is 13.2 Å². The molecular weight excluding hydrogens is 471 g/mol. The van der Waals surface area contributed by atoms with Crippen LogP contribution < -0.4 is 14.4 Å². The van der Waals surface area contributed by atoms with E-state index in [1.165, 1.54) is 0 Å². The fraction of sp³-hybridized carbons (Fsp3) is 0.308. The monoisotopic (exact) mass is 498 g/mol. The lowest BCUT2D eigenvalue weighted by Crippen LogP contribution is -2.19. The number of hydrogen-bond acceptors (Lipinski definition) is 5. The SMILES string of the molecule is CCOc1ccc(-n2c(C)c3c(C)nnc(N(CC)c4cccc(Cl)c4Cl)c3c2C)c(OC)c1. The first-order chi connectivity index (χ1) is 16.3. The molecule has 2 aromatic heterocycles. The molecule has 178 valence electrons. The summed E-state index contributed by atoms with van der Waals surface area (Å²) >= 11 is 12.9. The van der Waals surface area contributed by atoms with Crippen LogP contribution in [0.3, 0.4) is 0 Å². The first-order valence-electron chi connectivity index (χ1n) is 11.2. The Hall–Kier alpha value is -2.96. The van der Waals surface area contributed by atoms with E-state index >= 15 is 0 Å². The van der Waals surface area contributed by atoms with Crippen molar-refractivity contribution < 1.29 is 9.47 Å². The van der Waals surface area contributed by atoms with E-state index in [9.17, 15) is 0 Å². The molecule has 0 amide bonds. The van der Waals surface area contributed by atoms with Crippen molar-refractivity contribution in [3.8, 4) is 17.2 Å². The summed E-state index contributed by atoms with van der Waals surface area (Å²) in [5.74, 6) is 2.22. The van der Waals surface area contributed by atoms with E-state index in [0.717, 1.165) is 56.5 Å². The van der Waals surface area contributed by atoms with Crippen LogP contribution in [0.4, 0.5) is 11.5 Å². The van der Waals surface area contributed by atoms with Gasteiger partial charge in [-0.1, -0.05) is 29.3 Å². The number of nitrogens with zero attached hydrogens (tertiary/aromatic N) is 4. The molecule has 8 heteroatoms. The molecule has 0 saturated heterocycles. The van der Waals surface area contributed by atoms with Gasteiger partial charge < -0.3 is 18.9 Å². The van der Waals surface area contributed by atoms with Crippen molar-refractivity contribution in [3.63, 3.8) is 0 Å². The van der Waals surface area contributed by atoms with E-state index in [1.807, 2.05) is 44.2 Å². The fourth-order valence-corrected chi connectivity index (χ4v) is 4.96. The summed E-state index contributed by atoms with van der Waals surface area (Å²) in [4.78, 5) is 2.05. The highest BCUT2D eigenvalue weighted by molar-refractivity contribution is 6.43. The predicted octanol–water partition coefficient (Wildman–Crippen LogP) is 7.22. The summed E-state index contributed by atoms with van der Waals surface area (Å²) in [5, 5.41) is 12.2. The average molecular weight is 499 g/mol. The highest BCUT2D eigenvalue weighted by atomic mass is 35.5. The van der Waals surface area contributed by atoms with Gasteiger partial charge in [0.15, 0.2) is 5.82 Å². The number of aromatic nitrogens is 3. The molecule has 4 rings (SSSR count). The van der Waals surface area contributed by atoms with Gasteiger partial charge in [0.05, 0.1) is 40.8 Å². The number of hydrogen-bond donors (Lipinski definition) is 0. The Balaban J connectivity index is 2.00. The number of anilines is 2. The molecule has 4 aromatic rings. The molecule has 0 unspecified atom stereocenters. The number of ether oxygens (including phenoxy) is 2. The van der Waals surface area contributed by atoms with Gasteiger partial charge in [0.2, 0.25) is 0 Å². The van der Waals surface area contributed by atoms with Gasteiger partial charge >= 0.3 is 0 Å². The molecule has 0 spiro atoms. The Bertz CT molecular complexity index is 1370. The number of halogens is 2.